The quantitative estimate of drug-likeness (QED) is 0.690. The molecule has 4 rings (SSSR count). The van der Waals surface area contributed by atoms with E-state index in [9.17, 15) is 18.0 Å². The van der Waals surface area contributed by atoms with Gasteiger partial charge in [-0.05, 0) is 36.6 Å². The third-order valence-electron chi connectivity index (χ3n) is 5.04. The Kier molecular flexibility index (Phi) is 4.91. The second kappa shape index (κ2) is 7.40. The molecule has 0 bridgehead atoms. The molecule has 1 aliphatic rings. The van der Waals surface area contributed by atoms with Gasteiger partial charge in [-0.2, -0.15) is 5.10 Å². The van der Waals surface area contributed by atoms with Crippen LogP contribution in [0.4, 0.5) is 13.2 Å². The summed E-state index contributed by atoms with van der Waals surface area (Å²) >= 11 is 0. The van der Waals surface area contributed by atoms with E-state index >= 15 is 0 Å². The smallest absolute Gasteiger partial charge is 0.406 e. The Balaban J connectivity index is 1.68. The van der Waals surface area contributed by atoms with Gasteiger partial charge in [0.2, 0.25) is 0 Å². The van der Waals surface area contributed by atoms with E-state index in [0.29, 0.717) is 42.7 Å². The van der Waals surface area contributed by atoms with Gasteiger partial charge in [-0.25, -0.2) is 0 Å². The molecule has 1 amide bonds. The van der Waals surface area contributed by atoms with E-state index < -0.39 is 11.9 Å². The van der Waals surface area contributed by atoms with E-state index in [2.05, 4.69) is 20.3 Å². The molecule has 29 heavy (non-hydrogen) atoms. The number of hydrogen-bond donors (Lipinski definition) is 2. The van der Waals surface area contributed by atoms with Crippen molar-refractivity contribution in [3.8, 4) is 5.75 Å². The largest absolute Gasteiger partial charge is 0.573 e. The minimum Gasteiger partial charge on any atom is -0.406 e. The Hall–Kier alpha value is -3.07. The molecule has 1 fully saturated rings. The Labute approximate surface area is 164 Å². The number of benzene rings is 2. The number of aromatic amines is 1. The molecule has 152 valence electrons. The Morgan fingerprint density at radius 1 is 1.17 bits per heavy atom. The van der Waals surface area contributed by atoms with Crippen LogP contribution in [0.3, 0.4) is 0 Å². The normalized spacial score (nSPS) is 16.5. The van der Waals surface area contributed by atoms with Gasteiger partial charge in [0.05, 0.1) is 22.8 Å². The first-order valence-electron chi connectivity index (χ1n) is 9.05. The summed E-state index contributed by atoms with van der Waals surface area (Å²) < 4.78 is 47.4. The molecule has 1 aliphatic heterocycles. The van der Waals surface area contributed by atoms with Gasteiger partial charge in [0.15, 0.2) is 0 Å². The van der Waals surface area contributed by atoms with Crippen LogP contribution in [-0.2, 0) is 10.3 Å². The lowest BCUT2D eigenvalue weighted by Crippen LogP contribution is -2.49. The Morgan fingerprint density at radius 3 is 2.69 bits per heavy atom. The topological polar surface area (TPSA) is 76.2 Å². The van der Waals surface area contributed by atoms with Gasteiger partial charge in [0, 0.05) is 18.6 Å². The maximum Gasteiger partial charge on any atom is 0.573 e. The molecule has 0 spiro atoms. The number of carbonyl (C=O) groups is 1. The minimum atomic E-state index is -4.79. The summed E-state index contributed by atoms with van der Waals surface area (Å²) in [6.45, 7) is 0.748. The highest BCUT2D eigenvalue weighted by Gasteiger charge is 2.38. The molecule has 2 aromatic carbocycles. The van der Waals surface area contributed by atoms with Crippen molar-refractivity contribution in [1.82, 2.24) is 15.5 Å². The number of para-hydroxylation sites is 1. The van der Waals surface area contributed by atoms with E-state index in [4.69, 9.17) is 4.74 Å². The summed E-state index contributed by atoms with van der Waals surface area (Å²) in [6, 6.07) is 11.0. The average molecular weight is 405 g/mol. The van der Waals surface area contributed by atoms with Crippen molar-refractivity contribution >= 4 is 16.8 Å². The number of aromatic nitrogens is 2. The maximum atomic E-state index is 13.1. The van der Waals surface area contributed by atoms with E-state index in [1.165, 1.54) is 18.2 Å². The number of H-pyrrole nitrogens is 1. The summed E-state index contributed by atoms with van der Waals surface area (Å²) in [5.74, 6) is -0.672. The highest BCUT2D eigenvalue weighted by molar-refractivity contribution is 6.05. The summed E-state index contributed by atoms with van der Waals surface area (Å²) in [7, 11) is 0. The number of nitrogens with one attached hydrogen (secondary N) is 2. The zero-order valence-corrected chi connectivity index (χ0v) is 15.3. The molecule has 9 heteroatoms. The van der Waals surface area contributed by atoms with Crippen molar-refractivity contribution < 1.29 is 27.4 Å². The first kappa shape index (κ1) is 19.3. The first-order chi connectivity index (χ1) is 13.9. The molecule has 0 atom stereocenters. The summed E-state index contributed by atoms with van der Waals surface area (Å²) in [6.07, 6.45) is -2.32. The van der Waals surface area contributed by atoms with E-state index in [0.717, 1.165) is 5.39 Å². The first-order valence-corrected chi connectivity index (χ1v) is 9.05. The lowest BCUT2D eigenvalue weighted by molar-refractivity contribution is -0.274. The van der Waals surface area contributed by atoms with Crippen LogP contribution in [0.1, 0.15) is 28.8 Å². The monoisotopic (exact) mass is 405 g/mol. The third-order valence-corrected chi connectivity index (χ3v) is 5.04. The zero-order valence-electron chi connectivity index (χ0n) is 15.3. The van der Waals surface area contributed by atoms with E-state index in [1.54, 1.807) is 24.4 Å². The molecule has 3 aromatic rings. The molecule has 2 heterocycles. The van der Waals surface area contributed by atoms with Crippen LogP contribution >= 0.6 is 0 Å². The summed E-state index contributed by atoms with van der Waals surface area (Å²) in [5, 5.41) is 10.6. The molecule has 0 radical (unpaired) electrons. The molecule has 1 aromatic heterocycles. The number of rotatable bonds is 4. The van der Waals surface area contributed by atoms with Crippen LogP contribution in [-0.4, -0.2) is 35.7 Å². The van der Waals surface area contributed by atoms with Gasteiger partial charge >= 0.3 is 6.36 Å². The number of nitrogens with zero attached hydrogens (tertiary/aromatic N) is 1. The van der Waals surface area contributed by atoms with Crippen molar-refractivity contribution in [2.75, 3.05) is 13.2 Å². The molecule has 2 N–H and O–H groups in total. The van der Waals surface area contributed by atoms with Gasteiger partial charge in [0.25, 0.3) is 5.91 Å². The molecule has 0 unspecified atom stereocenters. The van der Waals surface area contributed by atoms with Gasteiger partial charge in [0.1, 0.15) is 5.75 Å². The average Bonchev–Trinajstić information content (AvgIpc) is 3.16. The second-order valence-electron chi connectivity index (χ2n) is 6.86. The van der Waals surface area contributed by atoms with Crippen molar-refractivity contribution in [3.05, 3.63) is 59.8 Å². The van der Waals surface area contributed by atoms with Gasteiger partial charge in [-0.1, -0.05) is 24.3 Å². The van der Waals surface area contributed by atoms with Crippen molar-refractivity contribution in [3.63, 3.8) is 0 Å². The number of fused-ring (bicyclic) bond motifs is 1. The highest BCUT2D eigenvalue weighted by Crippen LogP contribution is 2.35. The predicted octanol–water partition coefficient (Wildman–Crippen LogP) is 3.90. The lowest BCUT2D eigenvalue weighted by atomic mass is 9.82. The molecular weight excluding hydrogens is 387 g/mol. The third kappa shape index (κ3) is 4.04. The van der Waals surface area contributed by atoms with Crippen LogP contribution in [0.2, 0.25) is 0 Å². The fourth-order valence-electron chi connectivity index (χ4n) is 3.64. The zero-order chi connectivity index (χ0) is 20.5. The van der Waals surface area contributed by atoms with Crippen LogP contribution in [0.5, 0.6) is 5.75 Å². The lowest BCUT2D eigenvalue weighted by Gasteiger charge is -2.38. The SMILES string of the molecule is O=C(NC1(c2cccc(OC(F)(F)F)c2)CCOCC1)c1cccc2cn[nH]c12. The fourth-order valence-corrected chi connectivity index (χ4v) is 3.64. The minimum absolute atomic E-state index is 0.328. The number of hydrogen-bond acceptors (Lipinski definition) is 4. The van der Waals surface area contributed by atoms with Crippen molar-refractivity contribution in [2.24, 2.45) is 0 Å². The highest BCUT2D eigenvalue weighted by atomic mass is 19.4. The molecule has 1 saturated heterocycles. The van der Waals surface area contributed by atoms with Crippen LogP contribution in [0, 0.1) is 0 Å². The second-order valence-corrected chi connectivity index (χ2v) is 6.86. The molecule has 0 aliphatic carbocycles. The van der Waals surface area contributed by atoms with E-state index in [1.807, 2.05) is 6.07 Å². The fraction of sp³-hybridized carbons (Fsp3) is 0.300. The maximum absolute atomic E-state index is 13.1. The van der Waals surface area contributed by atoms with Crippen LogP contribution < -0.4 is 10.1 Å². The Bertz CT molecular complexity index is 1030. The van der Waals surface area contributed by atoms with E-state index in [-0.39, 0.29) is 11.7 Å². The van der Waals surface area contributed by atoms with Crippen molar-refractivity contribution in [1.29, 1.82) is 0 Å². The van der Waals surface area contributed by atoms with Gasteiger partial charge < -0.3 is 14.8 Å². The predicted molar refractivity (Wildman–Crippen MR) is 98.4 cm³/mol. The molecule has 6 nitrogen and oxygen atoms in total. The number of ether oxygens (including phenoxy) is 2. The summed E-state index contributed by atoms with van der Waals surface area (Å²) in [4.78, 5) is 13.1. The van der Waals surface area contributed by atoms with Gasteiger partial charge in [-0.15, -0.1) is 13.2 Å². The van der Waals surface area contributed by atoms with Crippen LogP contribution in [0.15, 0.2) is 48.7 Å². The molecule has 0 saturated carbocycles. The molecular formula is C20H18F3N3O3. The van der Waals surface area contributed by atoms with Crippen molar-refractivity contribution in [2.45, 2.75) is 24.7 Å². The number of carbonyl (C=O) groups excluding carboxylic acids is 1. The summed E-state index contributed by atoms with van der Waals surface area (Å²) in [5.41, 5.74) is 0.672. The number of halogens is 3. The van der Waals surface area contributed by atoms with Gasteiger partial charge in [-0.3, -0.25) is 9.89 Å². The number of amides is 1. The standard InChI is InChI=1S/C20H18F3N3O3/c21-20(22,23)29-15-5-2-4-14(11-15)19(7-9-28-10-8-19)25-18(27)16-6-1-3-13-12-24-26-17(13)16/h1-6,11-12H,7-10H2,(H,24,26)(H,25,27). The number of alkyl halides is 3. The Morgan fingerprint density at radius 2 is 1.93 bits per heavy atom. The van der Waals surface area contributed by atoms with Crippen LogP contribution in [0.25, 0.3) is 10.9 Å².